The average molecular weight is 1180 g/mol. The van der Waals surface area contributed by atoms with Crippen molar-refractivity contribution in [2.75, 3.05) is 39.1 Å². The Kier molecular flexibility index (Phi) is 34.9. The van der Waals surface area contributed by atoms with E-state index in [0.29, 0.717) is 12.8 Å². The molecule has 0 aromatic carbocycles. The summed E-state index contributed by atoms with van der Waals surface area (Å²) in [6.45, 7) is 0.764. The van der Waals surface area contributed by atoms with Crippen LogP contribution in [0.25, 0.3) is 0 Å². The Morgan fingerprint density at radius 3 is 1.49 bits per heavy atom. The molecule has 450 valence electrons. The maximum atomic E-state index is 13.5. The first-order valence-electron chi connectivity index (χ1n) is 26.5. The van der Waals surface area contributed by atoms with Gasteiger partial charge in [0, 0.05) is 13.1 Å². The van der Waals surface area contributed by atoms with Crippen molar-refractivity contribution in [3.63, 3.8) is 0 Å². The molecule has 0 aliphatic carbocycles. The average Bonchev–Trinajstić information content (AvgIpc) is 3.32. The van der Waals surface area contributed by atoms with E-state index in [-0.39, 0.29) is 19.4 Å². The molecule has 2 rings (SSSR count). The van der Waals surface area contributed by atoms with Gasteiger partial charge in [-0.1, -0.05) is 129 Å². The van der Waals surface area contributed by atoms with Gasteiger partial charge >= 0.3 is 31.1 Å². The van der Waals surface area contributed by atoms with Crippen LogP contribution in [0.4, 0.5) is 0 Å². The predicted molar refractivity (Wildman–Crippen MR) is 274 cm³/mol. The SMILES string of the molecule is CCCCCCCCCCC[C@@H](O)CC(=O)NC1C(O)[C@@H](O)C(CO[C@@H]2O[C@H](CO)[C@@H](OP(=O)(O)OP(=O)(O)OCCN)C(O)C2NC(=O)C[C@H](O)CCCCCCCCCCC)O[C@@H]1OP(=O)(O)OP(=O)(O)CCN. The molecule has 0 bridgehead atoms. The van der Waals surface area contributed by atoms with E-state index in [1.165, 1.54) is 19.3 Å². The van der Waals surface area contributed by atoms with Gasteiger partial charge in [0.15, 0.2) is 12.6 Å². The summed E-state index contributed by atoms with van der Waals surface area (Å²) >= 11 is 0. The van der Waals surface area contributed by atoms with Crippen molar-refractivity contribution in [2.24, 2.45) is 11.5 Å². The summed E-state index contributed by atoms with van der Waals surface area (Å²) in [7, 11) is -21.7. The van der Waals surface area contributed by atoms with Crippen LogP contribution in [0.15, 0.2) is 0 Å². The number of hydrogen-bond acceptors (Lipinski definition) is 22. The van der Waals surface area contributed by atoms with E-state index in [4.69, 9.17) is 34.7 Å². The van der Waals surface area contributed by atoms with Gasteiger partial charge in [0.25, 0.3) is 0 Å². The van der Waals surface area contributed by atoms with Gasteiger partial charge in [0.05, 0.1) is 51.0 Å². The second kappa shape index (κ2) is 37.2. The summed E-state index contributed by atoms with van der Waals surface area (Å²) in [5, 5.41) is 70.8. The first-order chi connectivity index (χ1) is 35.8. The Balaban J connectivity index is 2.34. The molecular weight excluding hydrogens is 1090 g/mol. The van der Waals surface area contributed by atoms with Gasteiger partial charge in [0.2, 0.25) is 11.8 Å². The molecule has 0 spiro atoms. The summed E-state index contributed by atoms with van der Waals surface area (Å²) < 4.78 is 91.5. The van der Waals surface area contributed by atoms with Crippen molar-refractivity contribution in [1.82, 2.24) is 10.6 Å². The third-order valence-electron chi connectivity index (χ3n) is 12.5. The highest BCUT2D eigenvalue weighted by atomic mass is 31.3. The quantitative estimate of drug-likeness (QED) is 0.0308. The highest BCUT2D eigenvalue weighted by Gasteiger charge is 2.53. The molecule has 2 amide bonds. The number of aliphatic hydroxyl groups excluding tert-OH is 6. The van der Waals surface area contributed by atoms with Gasteiger partial charge in [-0.3, -0.25) is 27.7 Å². The molecule has 0 saturated carbocycles. The third-order valence-corrected chi connectivity index (χ3v) is 18.3. The van der Waals surface area contributed by atoms with E-state index >= 15 is 0 Å². The first-order valence-corrected chi connectivity index (χ1v) is 32.7. The van der Waals surface area contributed by atoms with Crippen LogP contribution in [0.2, 0.25) is 0 Å². The number of amides is 2. The zero-order valence-corrected chi connectivity index (χ0v) is 47.4. The van der Waals surface area contributed by atoms with E-state index in [1.54, 1.807) is 0 Å². The number of unbranched alkanes of at least 4 members (excludes halogenated alkanes) is 16. The molecule has 16 N–H and O–H groups in total. The van der Waals surface area contributed by atoms with Gasteiger partial charge in [-0.25, -0.2) is 18.0 Å². The monoisotopic (exact) mass is 1180 g/mol. The maximum Gasteiger partial charge on any atom is 0.481 e. The fourth-order valence-corrected chi connectivity index (χ4v) is 13.3. The normalized spacial score (nSPS) is 28.1. The van der Waals surface area contributed by atoms with Crippen LogP contribution in [0.3, 0.4) is 0 Å². The van der Waals surface area contributed by atoms with E-state index in [9.17, 15) is 78.1 Å². The Morgan fingerprint density at radius 2 is 1.03 bits per heavy atom. The van der Waals surface area contributed by atoms with Crippen molar-refractivity contribution in [2.45, 2.75) is 229 Å². The molecule has 0 radical (unpaired) electrons. The van der Waals surface area contributed by atoms with Crippen molar-refractivity contribution >= 4 is 42.9 Å². The number of aliphatic hydroxyl groups is 6. The molecular formula is C44H90N4O24P4. The maximum absolute atomic E-state index is 13.5. The largest absolute Gasteiger partial charge is 0.481 e. The number of carbonyl (C=O) groups is 2. The highest BCUT2D eigenvalue weighted by molar-refractivity contribution is 7.64. The standard InChI is InChI=1S/C44H90N4O24P4/c1-3-5-7-9-11-13-15-17-19-21-31(50)27-35(52)47-37-40(55)39(54)34(68-44(37)70-76(63,64)71-73(57,58)26-24-46)30-65-43-38(48-36(53)28-32(51)22-20-18-16-14-12-10-8-6-4-2)41(56)42(33(29-49)67-43)69-75(61,62)72-74(59,60)66-25-23-45/h31-34,37-44,49-51,54-56H,3-30,45-46H2,1-2H3,(H,47,52)(H,48,53)(H,57,58)(H,59,60)(H,61,62)(H,63,64)/t31-,32-,33-,34?,37?,38?,39+,40?,41?,42-,43-,44-/m1/s1. The van der Waals surface area contributed by atoms with Gasteiger partial charge < -0.3 is 86.5 Å². The third kappa shape index (κ3) is 28.7. The molecule has 0 aromatic rings. The number of phosphoric ester groups is 3. The van der Waals surface area contributed by atoms with E-state index in [1.807, 2.05) is 0 Å². The van der Waals surface area contributed by atoms with Gasteiger partial charge in [-0.2, -0.15) is 4.31 Å². The van der Waals surface area contributed by atoms with Crippen LogP contribution >= 0.6 is 31.1 Å². The smallest absolute Gasteiger partial charge is 0.394 e. The summed E-state index contributed by atoms with van der Waals surface area (Å²) in [5.74, 6) is -1.87. The summed E-state index contributed by atoms with van der Waals surface area (Å²) in [5.41, 5.74) is 10.6. The van der Waals surface area contributed by atoms with Crippen LogP contribution in [0.5, 0.6) is 0 Å². The second-order valence-electron chi connectivity index (χ2n) is 19.2. The van der Waals surface area contributed by atoms with Crippen LogP contribution < -0.4 is 22.1 Å². The molecule has 2 aliphatic rings. The number of ether oxygens (including phenoxy) is 3. The number of phosphoric acid groups is 3. The first kappa shape index (κ1) is 71.2. The molecule has 2 saturated heterocycles. The minimum absolute atomic E-state index is 0.211. The van der Waals surface area contributed by atoms with E-state index in [2.05, 4.69) is 37.6 Å². The number of hydrogen-bond donors (Lipinski definition) is 14. The molecule has 28 nitrogen and oxygen atoms in total. The van der Waals surface area contributed by atoms with Gasteiger partial charge in [0.1, 0.15) is 48.7 Å². The summed E-state index contributed by atoms with van der Waals surface area (Å²) in [6, 6.07) is -3.84. The summed E-state index contributed by atoms with van der Waals surface area (Å²) in [4.78, 5) is 67.8. The fourth-order valence-electron chi connectivity index (χ4n) is 8.51. The van der Waals surface area contributed by atoms with Crippen molar-refractivity contribution in [3.05, 3.63) is 0 Å². The van der Waals surface area contributed by atoms with Crippen molar-refractivity contribution < 1.29 is 114 Å². The fraction of sp³-hybridized carbons (Fsp3) is 0.955. The zero-order chi connectivity index (χ0) is 57.0. The summed E-state index contributed by atoms with van der Waals surface area (Å²) in [6.07, 6.45) is -2.51. The van der Waals surface area contributed by atoms with Crippen molar-refractivity contribution in [1.29, 1.82) is 0 Å². The Morgan fingerprint density at radius 1 is 0.579 bits per heavy atom. The van der Waals surface area contributed by atoms with Gasteiger partial charge in [-0.15, -0.1) is 0 Å². The molecule has 2 heterocycles. The number of carbonyl (C=O) groups excluding carboxylic acids is 2. The lowest BCUT2D eigenvalue weighted by atomic mass is 9.95. The van der Waals surface area contributed by atoms with Gasteiger partial charge in [-0.05, 0) is 12.8 Å². The van der Waals surface area contributed by atoms with Crippen LogP contribution in [-0.4, -0.2) is 175 Å². The molecule has 2 fully saturated rings. The number of rotatable bonds is 43. The Labute approximate surface area is 445 Å². The van der Waals surface area contributed by atoms with E-state index < -0.39 is 162 Å². The Bertz CT molecular complexity index is 1830. The van der Waals surface area contributed by atoms with E-state index in [0.717, 1.165) is 83.5 Å². The van der Waals surface area contributed by atoms with Crippen LogP contribution in [-0.2, 0) is 64.3 Å². The van der Waals surface area contributed by atoms with Crippen molar-refractivity contribution in [3.8, 4) is 0 Å². The minimum atomic E-state index is -5.73. The molecule has 76 heavy (non-hydrogen) atoms. The number of nitrogens with one attached hydrogen (secondary N) is 2. The molecule has 0 aromatic heterocycles. The lowest BCUT2D eigenvalue weighted by Crippen LogP contribution is -2.67. The lowest BCUT2D eigenvalue weighted by Gasteiger charge is -2.45. The Hall–Kier alpha value is -0.940. The lowest BCUT2D eigenvalue weighted by molar-refractivity contribution is -0.294. The molecule has 2 aliphatic heterocycles. The molecule has 32 heteroatoms. The topological polar surface area (TPSA) is 455 Å². The predicted octanol–water partition coefficient (Wildman–Crippen LogP) is 2.70. The van der Waals surface area contributed by atoms with Crippen LogP contribution in [0.1, 0.15) is 155 Å². The number of nitrogens with two attached hydrogens (primary N) is 2. The second-order valence-corrected chi connectivity index (χ2v) is 25.7. The zero-order valence-electron chi connectivity index (χ0n) is 43.9. The minimum Gasteiger partial charge on any atom is -0.394 e. The van der Waals surface area contributed by atoms with Crippen LogP contribution in [0, 0.1) is 0 Å². The highest BCUT2D eigenvalue weighted by Crippen LogP contribution is 2.62. The molecule has 9 unspecified atom stereocenters. The molecule has 16 atom stereocenters.